The average molecular weight is 307 g/mol. The standard InChI is InChI=1S/C16H19ClN2O2/c1-4-11(2)19(8-9-21-3)16(20)14-10-12-6-5-7-13(17)15(12)18-14/h5-7,10,18H,2,4,8-9H2,1,3H3. The predicted octanol–water partition coefficient (Wildman–Crippen LogP) is 3.83. The van der Waals surface area contributed by atoms with Gasteiger partial charge in [-0.15, -0.1) is 0 Å². The number of fused-ring (bicyclic) bond motifs is 1. The second-order valence-electron chi connectivity index (χ2n) is 4.76. The van der Waals surface area contributed by atoms with E-state index in [1.54, 1.807) is 18.1 Å². The normalized spacial score (nSPS) is 10.8. The monoisotopic (exact) mass is 306 g/mol. The quantitative estimate of drug-likeness (QED) is 0.881. The van der Waals surface area contributed by atoms with Crippen LogP contribution in [0.25, 0.3) is 10.9 Å². The van der Waals surface area contributed by atoms with Gasteiger partial charge in [-0.3, -0.25) is 4.79 Å². The number of para-hydroxylation sites is 1. The van der Waals surface area contributed by atoms with E-state index >= 15 is 0 Å². The number of hydrogen-bond donors (Lipinski definition) is 1. The first kappa shape index (κ1) is 15.6. The summed E-state index contributed by atoms with van der Waals surface area (Å²) in [6.45, 7) is 6.87. The number of amides is 1. The molecular weight excluding hydrogens is 288 g/mol. The lowest BCUT2D eigenvalue weighted by molar-refractivity contribution is 0.0748. The van der Waals surface area contributed by atoms with Crippen LogP contribution in [0.1, 0.15) is 23.8 Å². The summed E-state index contributed by atoms with van der Waals surface area (Å²) in [7, 11) is 1.61. The van der Waals surface area contributed by atoms with Crippen molar-refractivity contribution >= 4 is 28.4 Å². The van der Waals surface area contributed by atoms with Gasteiger partial charge < -0.3 is 14.6 Å². The van der Waals surface area contributed by atoms with Crippen LogP contribution < -0.4 is 0 Å². The molecule has 112 valence electrons. The molecule has 1 heterocycles. The number of benzene rings is 1. The summed E-state index contributed by atoms with van der Waals surface area (Å²) < 4.78 is 5.06. The number of H-pyrrole nitrogens is 1. The maximum absolute atomic E-state index is 12.7. The van der Waals surface area contributed by atoms with Crippen LogP contribution in [-0.4, -0.2) is 36.1 Å². The molecule has 0 aliphatic rings. The van der Waals surface area contributed by atoms with Gasteiger partial charge in [0.25, 0.3) is 5.91 Å². The largest absolute Gasteiger partial charge is 0.383 e. The second-order valence-corrected chi connectivity index (χ2v) is 5.16. The van der Waals surface area contributed by atoms with Gasteiger partial charge in [0.1, 0.15) is 5.69 Å². The molecule has 2 aromatic rings. The Morgan fingerprint density at radius 2 is 2.24 bits per heavy atom. The molecular formula is C16H19ClN2O2. The molecule has 4 nitrogen and oxygen atoms in total. The number of nitrogens with zero attached hydrogens (tertiary/aromatic N) is 1. The van der Waals surface area contributed by atoms with Crippen molar-refractivity contribution in [3.63, 3.8) is 0 Å². The van der Waals surface area contributed by atoms with Crippen LogP contribution in [-0.2, 0) is 4.74 Å². The van der Waals surface area contributed by atoms with E-state index in [1.807, 2.05) is 25.1 Å². The number of aromatic amines is 1. The fourth-order valence-corrected chi connectivity index (χ4v) is 2.39. The van der Waals surface area contributed by atoms with Crippen LogP contribution in [0.3, 0.4) is 0 Å². The Labute approximate surface area is 129 Å². The van der Waals surface area contributed by atoms with Gasteiger partial charge >= 0.3 is 0 Å². The molecule has 0 atom stereocenters. The number of nitrogens with one attached hydrogen (secondary N) is 1. The van der Waals surface area contributed by atoms with Gasteiger partial charge in [0.05, 0.1) is 17.1 Å². The van der Waals surface area contributed by atoms with Crippen LogP contribution in [0.15, 0.2) is 36.5 Å². The molecule has 0 aliphatic heterocycles. The highest BCUT2D eigenvalue weighted by molar-refractivity contribution is 6.35. The first-order valence-electron chi connectivity index (χ1n) is 6.84. The lowest BCUT2D eigenvalue weighted by Gasteiger charge is -2.23. The van der Waals surface area contributed by atoms with Crippen molar-refractivity contribution in [2.75, 3.05) is 20.3 Å². The summed E-state index contributed by atoms with van der Waals surface area (Å²) in [4.78, 5) is 17.4. The van der Waals surface area contributed by atoms with E-state index < -0.39 is 0 Å². The van der Waals surface area contributed by atoms with Crippen molar-refractivity contribution < 1.29 is 9.53 Å². The third kappa shape index (κ3) is 3.28. The molecule has 1 aromatic heterocycles. The van der Waals surface area contributed by atoms with Gasteiger partial charge in [-0.25, -0.2) is 0 Å². The number of allylic oxidation sites excluding steroid dienone is 1. The Balaban J connectivity index is 2.33. The number of halogens is 1. The maximum Gasteiger partial charge on any atom is 0.274 e. The number of carbonyl (C=O) groups excluding carboxylic acids is 1. The Morgan fingerprint density at radius 1 is 1.48 bits per heavy atom. The minimum absolute atomic E-state index is 0.119. The fraction of sp³-hybridized carbons (Fsp3) is 0.312. The van der Waals surface area contributed by atoms with Gasteiger partial charge in [-0.05, 0) is 18.6 Å². The molecule has 0 unspecified atom stereocenters. The molecule has 0 aliphatic carbocycles. The summed E-state index contributed by atoms with van der Waals surface area (Å²) >= 11 is 6.13. The van der Waals surface area contributed by atoms with Crippen LogP contribution >= 0.6 is 11.6 Å². The summed E-state index contributed by atoms with van der Waals surface area (Å²) in [6.07, 6.45) is 0.705. The van der Waals surface area contributed by atoms with Crippen molar-refractivity contribution in [3.8, 4) is 0 Å². The molecule has 0 saturated heterocycles. The third-order valence-corrected chi connectivity index (χ3v) is 3.70. The van der Waals surface area contributed by atoms with Gasteiger partial charge in [0, 0.05) is 24.7 Å². The van der Waals surface area contributed by atoms with Crippen molar-refractivity contribution in [1.29, 1.82) is 0 Å². The summed E-state index contributed by atoms with van der Waals surface area (Å²) in [6, 6.07) is 7.39. The van der Waals surface area contributed by atoms with Crippen LogP contribution in [0.4, 0.5) is 0 Å². The third-order valence-electron chi connectivity index (χ3n) is 3.39. The van der Waals surface area contributed by atoms with E-state index in [9.17, 15) is 4.79 Å². The number of hydrogen-bond acceptors (Lipinski definition) is 2. The van der Waals surface area contributed by atoms with E-state index in [4.69, 9.17) is 16.3 Å². The second kappa shape index (κ2) is 6.78. The van der Waals surface area contributed by atoms with Crippen molar-refractivity contribution in [1.82, 2.24) is 9.88 Å². The number of ether oxygens (including phenoxy) is 1. The molecule has 1 N–H and O–H groups in total. The van der Waals surface area contributed by atoms with Crippen LogP contribution in [0.2, 0.25) is 5.02 Å². The molecule has 0 radical (unpaired) electrons. The van der Waals surface area contributed by atoms with E-state index in [2.05, 4.69) is 11.6 Å². The Bertz CT molecular complexity index is 663. The highest BCUT2D eigenvalue weighted by atomic mass is 35.5. The van der Waals surface area contributed by atoms with E-state index in [0.29, 0.717) is 30.3 Å². The molecule has 2 rings (SSSR count). The minimum atomic E-state index is -0.119. The zero-order chi connectivity index (χ0) is 15.4. The molecule has 0 spiro atoms. The minimum Gasteiger partial charge on any atom is -0.383 e. The van der Waals surface area contributed by atoms with Gasteiger partial charge in [0.2, 0.25) is 0 Å². The lowest BCUT2D eigenvalue weighted by atomic mass is 10.2. The zero-order valence-electron chi connectivity index (χ0n) is 12.3. The average Bonchev–Trinajstić information content (AvgIpc) is 2.92. The first-order chi connectivity index (χ1) is 10.1. The van der Waals surface area contributed by atoms with Crippen molar-refractivity contribution in [3.05, 3.63) is 47.3 Å². The predicted molar refractivity (Wildman–Crippen MR) is 85.7 cm³/mol. The summed E-state index contributed by atoms with van der Waals surface area (Å²) in [5.41, 5.74) is 2.04. The molecule has 1 amide bonds. The van der Waals surface area contributed by atoms with Crippen LogP contribution in [0, 0.1) is 0 Å². The number of aromatic nitrogens is 1. The number of methoxy groups -OCH3 is 1. The Morgan fingerprint density at radius 3 is 2.86 bits per heavy atom. The van der Waals surface area contributed by atoms with E-state index in [1.165, 1.54) is 0 Å². The van der Waals surface area contributed by atoms with Crippen LogP contribution in [0.5, 0.6) is 0 Å². The smallest absolute Gasteiger partial charge is 0.274 e. The van der Waals surface area contributed by atoms with Gasteiger partial charge in [-0.2, -0.15) is 0 Å². The van der Waals surface area contributed by atoms with Crippen molar-refractivity contribution in [2.45, 2.75) is 13.3 Å². The van der Waals surface area contributed by atoms with E-state index in [-0.39, 0.29) is 5.91 Å². The lowest BCUT2D eigenvalue weighted by Crippen LogP contribution is -2.33. The Kier molecular flexibility index (Phi) is 5.04. The van der Waals surface area contributed by atoms with Crippen molar-refractivity contribution in [2.24, 2.45) is 0 Å². The first-order valence-corrected chi connectivity index (χ1v) is 7.22. The fourth-order valence-electron chi connectivity index (χ4n) is 2.16. The molecule has 0 fully saturated rings. The summed E-state index contributed by atoms with van der Waals surface area (Å²) in [5.74, 6) is -0.119. The highest BCUT2D eigenvalue weighted by Crippen LogP contribution is 2.24. The molecule has 5 heteroatoms. The molecule has 0 saturated carbocycles. The SMILES string of the molecule is C=C(CC)N(CCOC)C(=O)c1cc2cccc(Cl)c2[nH]1. The maximum atomic E-state index is 12.7. The molecule has 0 bridgehead atoms. The van der Waals surface area contributed by atoms with Gasteiger partial charge in [0.15, 0.2) is 0 Å². The number of rotatable bonds is 6. The topological polar surface area (TPSA) is 45.3 Å². The highest BCUT2D eigenvalue weighted by Gasteiger charge is 2.19. The number of carbonyl (C=O) groups is 1. The van der Waals surface area contributed by atoms with E-state index in [0.717, 1.165) is 16.6 Å². The Hall–Kier alpha value is -1.78. The molecule has 21 heavy (non-hydrogen) atoms. The molecule has 1 aromatic carbocycles. The summed E-state index contributed by atoms with van der Waals surface area (Å²) in [5, 5.41) is 1.52. The van der Waals surface area contributed by atoms with Gasteiger partial charge in [-0.1, -0.05) is 37.2 Å². The zero-order valence-corrected chi connectivity index (χ0v) is 13.0.